The molecule has 1 aliphatic rings. The average Bonchev–Trinajstić information content (AvgIpc) is 2.98. The Balaban J connectivity index is 2.13. The first-order valence-electron chi connectivity index (χ1n) is 8.98. The van der Waals surface area contributed by atoms with Gasteiger partial charge in [0.15, 0.2) is 5.78 Å². The maximum atomic E-state index is 12.3. The van der Waals surface area contributed by atoms with Gasteiger partial charge >= 0.3 is 5.97 Å². The van der Waals surface area contributed by atoms with Gasteiger partial charge in [-0.25, -0.2) is 4.79 Å². The van der Waals surface area contributed by atoms with E-state index < -0.39 is 29.4 Å². The summed E-state index contributed by atoms with van der Waals surface area (Å²) in [6.45, 7) is 5.20. The van der Waals surface area contributed by atoms with Crippen LogP contribution >= 0.6 is 0 Å². The first-order valence-corrected chi connectivity index (χ1v) is 8.98. The zero-order valence-electron chi connectivity index (χ0n) is 16.2. The first-order chi connectivity index (χ1) is 12.9. The number of benzene rings is 1. The Hall–Kier alpha value is -2.64. The van der Waals surface area contributed by atoms with E-state index in [-0.39, 0.29) is 28.7 Å². The molecule has 1 heterocycles. The Labute approximate surface area is 163 Å². The minimum atomic E-state index is -1.26. The lowest BCUT2D eigenvalue weighted by atomic mass is 9.96. The number of carboxylic acid groups (broad SMARTS) is 1. The molecule has 1 aromatic carbocycles. The minimum Gasteiger partial charge on any atom is -0.508 e. The second kappa shape index (κ2) is 8.16. The smallest absolute Gasteiger partial charge is 0.332 e. The monoisotopic (exact) mass is 390 g/mol. The van der Waals surface area contributed by atoms with Crippen molar-refractivity contribution in [2.75, 3.05) is 0 Å². The number of hydrogen-bond donors (Lipinski definition) is 4. The molecule has 0 radical (unpaired) electrons. The first kappa shape index (κ1) is 21.7. The van der Waals surface area contributed by atoms with Crippen LogP contribution in [0.15, 0.2) is 42.0 Å². The van der Waals surface area contributed by atoms with Gasteiger partial charge in [0.1, 0.15) is 11.5 Å². The van der Waals surface area contributed by atoms with Gasteiger partial charge < -0.3 is 25.2 Å². The van der Waals surface area contributed by atoms with Gasteiger partial charge in [0.25, 0.3) is 0 Å². The fraction of sp³-hybridized carbons (Fsp3) is 0.429. The zero-order chi connectivity index (χ0) is 21.1. The highest BCUT2D eigenvalue weighted by Crippen LogP contribution is 2.36. The number of ketones is 1. The number of aliphatic hydroxyl groups is 1. The van der Waals surface area contributed by atoms with Crippen LogP contribution in [0.3, 0.4) is 0 Å². The molecule has 1 saturated heterocycles. The number of allylic oxidation sites excluding steroid dienone is 2. The maximum Gasteiger partial charge on any atom is 0.332 e. The van der Waals surface area contributed by atoms with Crippen LogP contribution in [0, 0.1) is 0 Å². The molecule has 0 aliphatic carbocycles. The SMILES string of the molecule is CC(C)(O)[C@H]1CC[C@@](C)(/C=C/C=C(\CC(=O)c2cc(O)ccc2O)C(=O)O)O1. The van der Waals surface area contributed by atoms with Crippen LogP contribution in [0.1, 0.15) is 50.4 Å². The van der Waals surface area contributed by atoms with Crippen molar-refractivity contribution in [3.8, 4) is 11.5 Å². The summed E-state index contributed by atoms with van der Waals surface area (Å²) in [5.41, 5.74) is -1.92. The van der Waals surface area contributed by atoms with Crippen molar-refractivity contribution in [1.82, 2.24) is 0 Å². The number of ether oxygens (including phenoxy) is 1. The third-order valence-corrected chi connectivity index (χ3v) is 4.75. The molecule has 0 saturated carbocycles. The lowest BCUT2D eigenvalue weighted by molar-refractivity contribution is -0.132. The topological polar surface area (TPSA) is 124 Å². The zero-order valence-corrected chi connectivity index (χ0v) is 16.2. The Morgan fingerprint density at radius 1 is 1.32 bits per heavy atom. The molecule has 0 bridgehead atoms. The highest BCUT2D eigenvalue weighted by atomic mass is 16.5. The van der Waals surface area contributed by atoms with Gasteiger partial charge in [0, 0.05) is 12.0 Å². The molecule has 7 heteroatoms. The molecular formula is C21H26O7. The van der Waals surface area contributed by atoms with E-state index in [4.69, 9.17) is 4.74 Å². The number of Topliss-reactive ketones (excluding diaryl/α,β-unsaturated/α-hetero) is 1. The van der Waals surface area contributed by atoms with E-state index in [1.54, 1.807) is 19.9 Å². The fourth-order valence-corrected chi connectivity index (χ4v) is 3.07. The average molecular weight is 390 g/mol. The van der Waals surface area contributed by atoms with Crippen LogP contribution in [0.4, 0.5) is 0 Å². The predicted octanol–water partition coefficient (Wildman–Crippen LogP) is 2.95. The van der Waals surface area contributed by atoms with Crippen molar-refractivity contribution in [3.05, 3.63) is 47.6 Å². The van der Waals surface area contributed by atoms with Crippen molar-refractivity contribution in [3.63, 3.8) is 0 Å². The number of phenols is 2. The molecule has 28 heavy (non-hydrogen) atoms. The van der Waals surface area contributed by atoms with E-state index in [0.717, 1.165) is 6.07 Å². The molecule has 0 spiro atoms. The third kappa shape index (κ3) is 5.43. The Morgan fingerprint density at radius 2 is 2.00 bits per heavy atom. The van der Waals surface area contributed by atoms with Crippen LogP contribution in [-0.2, 0) is 9.53 Å². The minimum absolute atomic E-state index is 0.143. The molecule has 2 atom stereocenters. The number of aromatic hydroxyl groups is 2. The van der Waals surface area contributed by atoms with Crippen LogP contribution in [0.2, 0.25) is 0 Å². The second-order valence-corrected chi connectivity index (χ2v) is 7.77. The van der Waals surface area contributed by atoms with Crippen LogP contribution < -0.4 is 0 Å². The number of hydrogen-bond acceptors (Lipinski definition) is 6. The van der Waals surface area contributed by atoms with Crippen LogP contribution in [-0.4, -0.2) is 49.5 Å². The summed E-state index contributed by atoms with van der Waals surface area (Å²) in [5, 5.41) is 38.7. The molecule has 0 unspecified atom stereocenters. The summed E-state index contributed by atoms with van der Waals surface area (Å²) in [4.78, 5) is 23.8. The molecule has 1 aliphatic heterocycles. The van der Waals surface area contributed by atoms with Gasteiger partial charge in [-0.3, -0.25) is 4.79 Å². The number of carboxylic acids is 1. The number of carbonyl (C=O) groups excluding carboxylic acids is 1. The molecule has 152 valence electrons. The highest BCUT2D eigenvalue weighted by Gasteiger charge is 2.40. The quantitative estimate of drug-likeness (QED) is 0.244. The number of rotatable bonds is 7. The molecule has 1 aromatic rings. The second-order valence-electron chi connectivity index (χ2n) is 7.77. The Bertz CT molecular complexity index is 817. The molecule has 0 aromatic heterocycles. The van der Waals surface area contributed by atoms with Gasteiger partial charge in [0.05, 0.1) is 22.9 Å². The summed E-state index contributed by atoms with van der Waals surface area (Å²) in [6, 6.07) is 3.49. The standard InChI is InChI=1S/C21H26O7/c1-20(2,27)18-8-10-21(3,28-18)9-4-5-13(19(25)26)11-17(24)15-12-14(22)6-7-16(15)23/h4-7,9,12,18,22-23,27H,8,10-11H2,1-3H3,(H,25,26)/b9-4+,13-5+/t18-,21-/m1/s1. The van der Waals surface area contributed by atoms with E-state index in [2.05, 4.69) is 0 Å². The van der Waals surface area contributed by atoms with Gasteiger partial charge in [-0.15, -0.1) is 0 Å². The number of carbonyl (C=O) groups is 2. The molecule has 4 N–H and O–H groups in total. The van der Waals surface area contributed by atoms with Crippen molar-refractivity contribution < 1.29 is 34.8 Å². The molecule has 1 fully saturated rings. The van der Waals surface area contributed by atoms with Crippen LogP contribution in [0.25, 0.3) is 0 Å². The van der Waals surface area contributed by atoms with Crippen molar-refractivity contribution in [1.29, 1.82) is 0 Å². The largest absolute Gasteiger partial charge is 0.508 e. The number of aliphatic carboxylic acids is 1. The summed E-state index contributed by atoms with van der Waals surface area (Å²) in [5.74, 6) is -2.41. The van der Waals surface area contributed by atoms with Crippen molar-refractivity contribution in [2.45, 2.75) is 57.3 Å². The summed E-state index contributed by atoms with van der Waals surface area (Å²) >= 11 is 0. The molecular weight excluding hydrogens is 364 g/mol. The summed E-state index contributed by atoms with van der Waals surface area (Å²) in [7, 11) is 0. The molecule has 7 nitrogen and oxygen atoms in total. The normalized spacial score (nSPS) is 23.3. The maximum absolute atomic E-state index is 12.3. The third-order valence-electron chi connectivity index (χ3n) is 4.75. The van der Waals surface area contributed by atoms with Gasteiger partial charge in [-0.05, 0) is 51.8 Å². The van der Waals surface area contributed by atoms with E-state index >= 15 is 0 Å². The van der Waals surface area contributed by atoms with Gasteiger partial charge in [0.2, 0.25) is 0 Å². The Kier molecular flexibility index (Phi) is 6.31. The summed E-state index contributed by atoms with van der Waals surface area (Å²) in [6.07, 6.45) is 5.12. The lowest BCUT2D eigenvalue weighted by Gasteiger charge is -2.28. The van der Waals surface area contributed by atoms with Gasteiger partial charge in [-0.1, -0.05) is 18.2 Å². The van der Waals surface area contributed by atoms with E-state index in [0.29, 0.717) is 12.8 Å². The Morgan fingerprint density at radius 3 is 2.57 bits per heavy atom. The predicted molar refractivity (Wildman–Crippen MR) is 102 cm³/mol. The van der Waals surface area contributed by atoms with E-state index in [1.165, 1.54) is 24.3 Å². The van der Waals surface area contributed by atoms with E-state index in [1.807, 2.05) is 6.92 Å². The van der Waals surface area contributed by atoms with Crippen molar-refractivity contribution >= 4 is 11.8 Å². The lowest BCUT2D eigenvalue weighted by Crippen LogP contribution is -2.37. The van der Waals surface area contributed by atoms with Crippen LogP contribution in [0.5, 0.6) is 11.5 Å². The fourth-order valence-electron chi connectivity index (χ4n) is 3.07. The van der Waals surface area contributed by atoms with E-state index in [9.17, 15) is 30.0 Å². The highest BCUT2D eigenvalue weighted by molar-refractivity contribution is 6.04. The van der Waals surface area contributed by atoms with Crippen molar-refractivity contribution in [2.24, 2.45) is 0 Å². The molecule has 2 rings (SSSR count). The summed E-state index contributed by atoms with van der Waals surface area (Å²) < 4.78 is 5.89. The molecule has 0 amide bonds. The van der Waals surface area contributed by atoms with Gasteiger partial charge in [-0.2, -0.15) is 0 Å². The number of phenolic OH excluding ortho intramolecular Hbond substituents is 2.